The summed E-state index contributed by atoms with van der Waals surface area (Å²) in [4.78, 5) is 33.7. The SMILES string of the molecule is COc1cc(C(=O)N2CCC(CCN3CCC(N(Cc4cccnc4)c4nc5ccccc5[nH]4)CC3)(c3ccc(F)cc3)C2)cc(OC)c1OC. The average Bonchev–Trinajstić information content (AvgIpc) is 3.82. The highest BCUT2D eigenvalue weighted by Crippen LogP contribution is 2.42. The highest BCUT2D eigenvalue weighted by atomic mass is 19.1. The van der Waals surface area contributed by atoms with E-state index in [9.17, 15) is 9.18 Å². The summed E-state index contributed by atoms with van der Waals surface area (Å²) >= 11 is 0. The van der Waals surface area contributed by atoms with Crippen LogP contribution >= 0.6 is 0 Å². The van der Waals surface area contributed by atoms with Crippen LogP contribution in [0.2, 0.25) is 0 Å². The molecule has 5 aromatic rings. The fraction of sp³-hybridized carbons (Fsp3) is 0.375. The van der Waals surface area contributed by atoms with Crippen LogP contribution in [0.3, 0.4) is 0 Å². The van der Waals surface area contributed by atoms with Crippen LogP contribution in [0, 0.1) is 5.82 Å². The van der Waals surface area contributed by atoms with Crippen molar-refractivity contribution in [3.05, 3.63) is 108 Å². The summed E-state index contributed by atoms with van der Waals surface area (Å²) in [7, 11) is 4.63. The first-order chi connectivity index (χ1) is 24.9. The Kier molecular flexibility index (Phi) is 10.1. The van der Waals surface area contributed by atoms with Crippen molar-refractivity contribution < 1.29 is 23.4 Å². The predicted molar refractivity (Wildman–Crippen MR) is 195 cm³/mol. The number of hydrogen-bond donors (Lipinski definition) is 1. The lowest BCUT2D eigenvalue weighted by molar-refractivity contribution is 0.0779. The van der Waals surface area contributed by atoms with Crippen molar-refractivity contribution in [2.24, 2.45) is 0 Å². The number of carbonyl (C=O) groups is 1. The first-order valence-corrected chi connectivity index (χ1v) is 17.6. The van der Waals surface area contributed by atoms with Crippen molar-refractivity contribution in [3.63, 3.8) is 0 Å². The van der Waals surface area contributed by atoms with Crippen molar-refractivity contribution in [2.45, 2.75) is 43.7 Å². The molecule has 10 nitrogen and oxygen atoms in total. The Balaban J connectivity index is 1.06. The Morgan fingerprint density at radius 2 is 1.71 bits per heavy atom. The van der Waals surface area contributed by atoms with Crippen LogP contribution < -0.4 is 19.1 Å². The van der Waals surface area contributed by atoms with Gasteiger partial charge in [-0.25, -0.2) is 9.37 Å². The van der Waals surface area contributed by atoms with Gasteiger partial charge in [0.2, 0.25) is 11.7 Å². The highest BCUT2D eigenvalue weighted by molar-refractivity contribution is 5.96. The molecule has 2 aliphatic heterocycles. The summed E-state index contributed by atoms with van der Waals surface area (Å²) in [6.45, 7) is 4.63. The number of aromatic nitrogens is 3. The third-order valence-corrected chi connectivity index (χ3v) is 10.6. The van der Waals surface area contributed by atoms with Crippen molar-refractivity contribution in [3.8, 4) is 17.2 Å². The second-order valence-electron chi connectivity index (χ2n) is 13.6. The Hall–Kier alpha value is -5.16. The Morgan fingerprint density at radius 3 is 2.37 bits per heavy atom. The van der Waals surface area contributed by atoms with Gasteiger partial charge in [0.15, 0.2) is 11.5 Å². The molecule has 1 amide bonds. The second kappa shape index (κ2) is 15.0. The fourth-order valence-corrected chi connectivity index (χ4v) is 7.79. The van der Waals surface area contributed by atoms with Crippen molar-refractivity contribution in [1.29, 1.82) is 0 Å². The minimum Gasteiger partial charge on any atom is -0.493 e. The van der Waals surface area contributed by atoms with Crippen LogP contribution in [-0.4, -0.2) is 90.8 Å². The summed E-state index contributed by atoms with van der Waals surface area (Å²) in [6, 6.07) is 22.8. The number of nitrogens with one attached hydrogen (secondary N) is 1. The molecule has 0 saturated carbocycles. The normalized spacial score (nSPS) is 18.2. The number of amides is 1. The number of nitrogens with zero attached hydrogens (tertiary/aromatic N) is 5. The van der Waals surface area contributed by atoms with Gasteiger partial charge in [0.25, 0.3) is 5.91 Å². The number of pyridine rings is 1. The number of benzene rings is 3. The molecule has 0 spiro atoms. The molecule has 11 heteroatoms. The average molecular weight is 693 g/mol. The van der Waals surface area contributed by atoms with Crippen molar-refractivity contribution in [2.75, 3.05) is 59.0 Å². The van der Waals surface area contributed by atoms with Crippen LogP contribution in [0.5, 0.6) is 17.2 Å². The number of methoxy groups -OCH3 is 3. The van der Waals surface area contributed by atoms with Gasteiger partial charge in [0.05, 0.1) is 32.4 Å². The molecule has 2 saturated heterocycles. The molecule has 1 unspecified atom stereocenters. The largest absolute Gasteiger partial charge is 0.493 e. The summed E-state index contributed by atoms with van der Waals surface area (Å²) in [5, 5.41) is 0. The van der Waals surface area contributed by atoms with Crippen LogP contribution in [0.4, 0.5) is 10.3 Å². The molecular formula is C40H45FN6O4. The van der Waals surface area contributed by atoms with E-state index in [0.717, 1.165) is 80.0 Å². The first kappa shape index (κ1) is 34.3. The maximum Gasteiger partial charge on any atom is 0.254 e. The molecule has 2 aliphatic rings. The zero-order valence-electron chi connectivity index (χ0n) is 29.5. The molecule has 51 heavy (non-hydrogen) atoms. The molecule has 1 atom stereocenters. The maximum absolute atomic E-state index is 14.1. The van der Waals surface area contributed by atoms with Crippen LogP contribution in [0.25, 0.3) is 11.0 Å². The number of ether oxygens (including phenoxy) is 3. The summed E-state index contributed by atoms with van der Waals surface area (Å²) in [5.41, 5.74) is 4.37. The molecule has 0 bridgehead atoms. The van der Waals surface area contributed by atoms with Crippen LogP contribution in [0.1, 0.15) is 47.2 Å². The minimum absolute atomic E-state index is 0.0988. The molecule has 2 aromatic heterocycles. The van der Waals surface area contributed by atoms with E-state index in [2.05, 4.69) is 31.9 Å². The van der Waals surface area contributed by atoms with E-state index in [1.165, 1.54) is 12.1 Å². The van der Waals surface area contributed by atoms with E-state index in [4.69, 9.17) is 19.2 Å². The minimum atomic E-state index is -0.304. The lowest BCUT2D eigenvalue weighted by atomic mass is 9.76. The number of rotatable bonds is 12. The number of halogens is 1. The summed E-state index contributed by atoms with van der Waals surface area (Å²) in [6.07, 6.45) is 7.36. The molecular weight excluding hydrogens is 647 g/mol. The number of H-pyrrole nitrogens is 1. The number of fused-ring (bicyclic) bond motifs is 1. The van der Waals surface area contributed by atoms with E-state index in [1.807, 2.05) is 47.5 Å². The van der Waals surface area contributed by atoms with Gasteiger partial charge >= 0.3 is 0 Å². The Morgan fingerprint density at radius 1 is 0.961 bits per heavy atom. The number of aromatic amines is 1. The molecule has 266 valence electrons. The zero-order chi connectivity index (χ0) is 35.4. The quantitative estimate of drug-likeness (QED) is 0.159. The van der Waals surface area contributed by atoms with Gasteiger partial charge in [-0.3, -0.25) is 9.78 Å². The maximum atomic E-state index is 14.1. The predicted octanol–water partition coefficient (Wildman–Crippen LogP) is 6.47. The zero-order valence-corrected chi connectivity index (χ0v) is 29.5. The van der Waals surface area contributed by atoms with Gasteiger partial charge < -0.3 is 33.9 Å². The van der Waals surface area contributed by atoms with E-state index < -0.39 is 0 Å². The van der Waals surface area contributed by atoms with Crippen molar-refractivity contribution in [1.82, 2.24) is 24.8 Å². The van der Waals surface area contributed by atoms with Gasteiger partial charge in [0.1, 0.15) is 5.82 Å². The topological polar surface area (TPSA) is 96.1 Å². The van der Waals surface area contributed by atoms with E-state index in [0.29, 0.717) is 41.9 Å². The molecule has 0 aliphatic carbocycles. The number of anilines is 1. The third-order valence-electron chi connectivity index (χ3n) is 10.6. The molecule has 0 radical (unpaired) electrons. The number of para-hydroxylation sites is 2. The smallest absolute Gasteiger partial charge is 0.254 e. The standard InChI is InChI=1S/C40H45FN6O4/c1-49-35-23-29(24-36(50-2)37(35)51-3)38(48)46-22-17-40(27-46,30-10-12-31(41)13-11-30)16-21-45-19-14-32(15-20-45)47(26-28-7-6-18-42-25-28)39-43-33-8-4-5-9-34(33)44-39/h4-13,18,23-25,32H,14-17,19-22,26-27H2,1-3H3,(H,43,44). The van der Waals surface area contributed by atoms with Gasteiger partial charge in [0, 0.05) is 62.1 Å². The number of imidazole rings is 1. The lowest BCUT2D eigenvalue weighted by Gasteiger charge is -2.40. The van der Waals surface area contributed by atoms with Crippen LogP contribution in [0.15, 0.2) is 85.2 Å². The molecule has 1 N–H and O–H groups in total. The van der Waals surface area contributed by atoms with E-state index in [-0.39, 0.29) is 17.1 Å². The number of piperidine rings is 1. The van der Waals surface area contributed by atoms with Crippen LogP contribution in [-0.2, 0) is 12.0 Å². The Bertz CT molecular complexity index is 1890. The number of hydrogen-bond acceptors (Lipinski definition) is 8. The van der Waals surface area contributed by atoms with E-state index in [1.54, 1.807) is 39.7 Å². The number of carbonyl (C=O) groups excluding carboxylic acids is 1. The third kappa shape index (κ3) is 7.21. The molecule has 2 fully saturated rings. The number of likely N-dealkylation sites (tertiary alicyclic amines) is 2. The summed E-state index contributed by atoms with van der Waals surface area (Å²) < 4.78 is 30.6. The molecule has 7 rings (SSSR count). The fourth-order valence-electron chi connectivity index (χ4n) is 7.79. The lowest BCUT2D eigenvalue weighted by Crippen LogP contribution is -2.46. The first-order valence-electron chi connectivity index (χ1n) is 17.6. The van der Waals surface area contributed by atoms with Gasteiger partial charge in [-0.15, -0.1) is 0 Å². The van der Waals surface area contributed by atoms with Gasteiger partial charge in [-0.1, -0.05) is 30.3 Å². The monoisotopic (exact) mass is 692 g/mol. The van der Waals surface area contributed by atoms with Gasteiger partial charge in [-0.2, -0.15) is 0 Å². The highest BCUT2D eigenvalue weighted by Gasteiger charge is 2.42. The summed E-state index contributed by atoms with van der Waals surface area (Å²) in [5.74, 6) is 1.84. The second-order valence-corrected chi connectivity index (χ2v) is 13.6. The van der Waals surface area contributed by atoms with E-state index >= 15 is 0 Å². The van der Waals surface area contributed by atoms with Gasteiger partial charge in [-0.05, 0) is 85.8 Å². The molecule has 4 heterocycles. The Labute approximate surface area is 298 Å². The van der Waals surface area contributed by atoms with Crippen molar-refractivity contribution >= 4 is 22.9 Å². The molecule has 3 aromatic carbocycles.